The maximum atomic E-state index is 4.61. The van der Waals surface area contributed by atoms with Gasteiger partial charge in [-0.25, -0.2) is 9.97 Å². The van der Waals surface area contributed by atoms with Gasteiger partial charge in [0.1, 0.15) is 5.82 Å². The van der Waals surface area contributed by atoms with Gasteiger partial charge in [-0.05, 0) is 24.7 Å². The molecular weight excluding hydrogens is 238 g/mol. The number of aromatic nitrogens is 3. The third kappa shape index (κ3) is 2.13. The van der Waals surface area contributed by atoms with Crippen LogP contribution in [-0.2, 0) is 0 Å². The highest BCUT2D eigenvalue weighted by Gasteiger charge is 2.30. The number of rotatable bonds is 3. The van der Waals surface area contributed by atoms with E-state index in [0.717, 1.165) is 23.2 Å². The molecule has 1 fully saturated rings. The van der Waals surface area contributed by atoms with Crippen molar-refractivity contribution in [3.8, 4) is 0 Å². The molecule has 5 nitrogen and oxygen atoms in total. The van der Waals surface area contributed by atoms with Crippen molar-refractivity contribution in [3.63, 3.8) is 0 Å². The Kier molecular flexibility index (Phi) is 3.05. The van der Waals surface area contributed by atoms with Crippen molar-refractivity contribution in [2.24, 2.45) is 11.8 Å². The molecule has 1 saturated carbocycles. The lowest BCUT2D eigenvalue weighted by Crippen LogP contribution is -2.25. The van der Waals surface area contributed by atoms with Crippen molar-refractivity contribution >= 4 is 17.3 Å². The summed E-state index contributed by atoms with van der Waals surface area (Å²) in [6, 6.07) is 0.495. The molecule has 3 rings (SSSR count). The Morgan fingerprint density at radius 2 is 2.16 bits per heavy atom. The lowest BCUT2D eigenvalue weighted by atomic mass is 9.98. The van der Waals surface area contributed by atoms with E-state index in [1.165, 1.54) is 12.8 Å². The normalized spacial score (nSPS) is 26.8. The van der Waals surface area contributed by atoms with Crippen molar-refractivity contribution in [2.45, 2.75) is 32.7 Å². The molecule has 2 aromatic rings. The van der Waals surface area contributed by atoms with Gasteiger partial charge in [-0.3, -0.25) is 0 Å². The summed E-state index contributed by atoms with van der Waals surface area (Å²) in [5.74, 6) is 3.19. The highest BCUT2D eigenvalue weighted by atomic mass is 15.1. The summed E-state index contributed by atoms with van der Waals surface area (Å²) >= 11 is 0. The van der Waals surface area contributed by atoms with E-state index in [9.17, 15) is 0 Å². The highest BCUT2D eigenvalue weighted by Crippen LogP contribution is 2.33. The largest absolute Gasteiger partial charge is 0.372 e. The van der Waals surface area contributed by atoms with Crippen LogP contribution in [-0.4, -0.2) is 27.5 Å². The van der Waals surface area contributed by atoms with E-state index in [2.05, 4.69) is 34.4 Å². The lowest BCUT2D eigenvalue weighted by Gasteiger charge is -2.20. The van der Waals surface area contributed by atoms with Gasteiger partial charge in [-0.15, -0.1) is 0 Å². The molecule has 0 saturated heterocycles. The van der Waals surface area contributed by atoms with E-state index in [0.29, 0.717) is 12.0 Å². The summed E-state index contributed by atoms with van der Waals surface area (Å²) in [4.78, 5) is 9.00. The predicted octanol–water partition coefficient (Wildman–Crippen LogP) is 2.62. The van der Waals surface area contributed by atoms with E-state index < -0.39 is 0 Å². The average molecular weight is 259 g/mol. The number of nitrogens with zero attached hydrogens (tertiary/aromatic N) is 3. The van der Waals surface area contributed by atoms with Gasteiger partial charge in [-0.1, -0.05) is 13.8 Å². The Morgan fingerprint density at radius 3 is 2.84 bits per heavy atom. The van der Waals surface area contributed by atoms with Crippen LogP contribution in [0.3, 0.4) is 0 Å². The van der Waals surface area contributed by atoms with Gasteiger partial charge in [0, 0.05) is 25.5 Å². The van der Waals surface area contributed by atoms with Crippen LogP contribution in [0.4, 0.5) is 11.6 Å². The topological polar surface area (TPSA) is 54.2 Å². The molecule has 3 atom stereocenters. The molecule has 0 aromatic carbocycles. The molecule has 0 spiro atoms. The van der Waals surface area contributed by atoms with Crippen molar-refractivity contribution in [2.75, 3.05) is 17.7 Å². The third-order valence-corrected chi connectivity index (χ3v) is 4.42. The van der Waals surface area contributed by atoms with Crippen molar-refractivity contribution in [3.05, 3.63) is 18.6 Å². The second kappa shape index (κ2) is 4.72. The minimum atomic E-state index is 0.495. The zero-order valence-electron chi connectivity index (χ0n) is 11.7. The maximum Gasteiger partial charge on any atom is 0.180 e. The summed E-state index contributed by atoms with van der Waals surface area (Å²) in [5.41, 5.74) is 0.894. The zero-order chi connectivity index (χ0) is 13.4. The van der Waals surface area contributed by atoms with E-state index in [-0.39, 0.29) is 0 Å². The number of hydrogen-bond donors (Lipinski definition) is 2. The molecule has 0 radical (unpaired) electrons. The smallest absolute Gasteiger partial charge is 0.180 e. The van der Waals surface area contributed by atoms with Crippen molar-refractivity contribution in [1.82, 2.24) is 14.4 Å². The molecule has 0 amide bonds. The summed E-state index contributed by atoms with van der Waals surface area (Å²) in [7, 11) is 1.88. The standard InChI is InChI=1S/C14H21N5/c1-9-4-5-11(10(9)2)17-13-14-16-6-7-19(14)8-12(15-3)18-13/h6-11,15H,4-5H2,1-3H3,(H,17,18). The number of hydrogen-bond acceptors (Lipinski definition) is 4. The van der Waals surface area contributed by atoms with Crippen LogP contribution in [0, 0.1) is 11.8 Å². The van der Waals surface area contributed by atoms with Crippen LogP contribution < -0.4 is 10.6 Å². The van der Waals surface area contributed by atoms with Gasteiger partial charge in [0.2, 0.25) is 0 Å². The molecule has 0 aliphatic heterocycles. The summed E-state index contributed by atoms with van der Waals surface area (Å²) in [6.07, 6.45) is 8.20. The Bertz CT molecular complexity index is 576. The van der Waals surface area contributed by atoms with Gasteiger partial charge in [0.25, 0.3) is 0 Å². The Labute approximate surface area is 113 Å². The molecular formula is C14H21N5. The first-order valence-corrected chi connectivity index (χ1v) is 6.97. The number of nitrogens with one attached hydrogen (secondary N) is 2. The van der Waals surface area contributed by atoms with Gasteiger partial charge in [0.05, 0.1) is 6.20 Å². The Hall–Kier alpha value is -1.78. The Balaban J connectivity index is 1.93. The summed E-state index contributed by atoms with van der Waals surface area (Å²) in [6.45, 7) is 4.65. The van der Waals surface area contributed by atoms with Gasteiger partial charge in [0.15, 0.2) is 11.5 Å². The lowest BCUT2D eigenvalue weighted by molar-refractivity contribution is 0.435. The molecule has 1 aliphatic carbocycles. The molecule has 1 aliphatic rings. The minimum absolute atomic E-state index is 0.495. The number of imidazole rings is 1. The second-order valence-electron chi connectivity index (χ2n) is 5.55. The molecule has 5 heteroatoms. The van der Waals surface area contributed by atoms with Crippen LogP contribution in [0.15, 0.2) is 18.6 Å². The van der Waals surface area contributed by atoms with Crippen molar-refractivity contribution < 1.29 is 0 Å². The van der Waals surface area contributed by atoms with Crippen LogP contribution >= 0.6 is 0 Å². The van der Waals surface area contributed by atoms with Gasteiger partial charge < -0.3 is 15.0 Å². The Morgan fingerprint density at radius 1 is 1.32 bits per heavy atom. The minimum Gasteiger partial charge on any atom is -0.372 e. The van der Waals surface area contributed by atoms with Gasteiger partial charge in [-0.2, -0.15) is 0 Å². The molecule has 2 N–H and O–H groups in total. The van der Waals surface area contributed by atoms with E-state index in [1.54, 1.807) is 0 Å². The van der Waals surface area contributed by atoms with Gasteiger partial charge >= 0.3 is 0 Å². The molecule has 3 unspecified atom stereocenters. The SMILES string of the molecule is CNc1cn2ccnc2c(NC2CCC(C)C2C)n1. The van der Waals surface area contributed by atoms with Crippen LogP contribution in [0.5, 0.6) is 0 Å². The van der Waals surface area contributed by atoms with E-state index >= 15 is 0 Å². The molecule has 0 bridgehead atoms. The molecule has 2 heterocycles. The summed E-state index contributed by atoms with van der Waals surface area (Å²) in [5, 5.41) is 6.68. The van der Waals surface area contributed by atoms with E-state index in [4.69, 9.17) is 0 Å². The number of fused-ring (bicyclic) bond motifs is 1. The molecule has 19 heavy (non-hydrogen) atoms. The maximum absolute atomic E-state index is 4.61. The highest BCUT2D eigenvalue weighted by molar-refractivity contribution is 5.65. The first kappa shape index (κ1) is 12.3. The first-order valence-electron chi connectivity index (χ1n) is 6.97. The van der Waals surface area contributed by atoms with E-state index in [1.807, 2.05) is 30.0 Å². The number of anilines is 2. The van der Waals surface area contributed by atoms with Crippen molar-refractivity contribution in [1.29, 1.82) is 0 Å². The fourth-order valence-corrected chi connectivity index (χ4v) is 2.89. The fraction of sp³-hybridized carbons (Fsp3) is 0.571. The monoisotopic (exact) mass is 259 g/mol. The predicted molar refractivity (Wildman–Crippen MR) is 77.5 cm³/mol. The summed E-state index contributed by atoms with van der Waals surface area (Å²) < 4.78 is 2.00. The zero-order valence-corrected chi connectivity index (χ0v) is 11.7. The average Bonchev–Trinajstić information content (AvgIpc) is 3.00. The second-order valence-corrected chi connectivity index (χ2v) is 5.55. The molecule has 102 valence electrons. The van der Waals surface area contributed by atoms with Crippen LogP contribution in [0.25, 0.3) is 5.65 Å². The van der Waals surface area contributed by atoms with Crippen LogP contribution in [0.2, 0.25) is 0 Å². The third-order valence-electron chi connectivity index (χ3n) is 4.42. The first-order chi connectivity index (χ1) is 9.19. The quantitative estimate of drug-likeness (QED) is 0.889. The molecule has 2 aromatic heterocycles. The fourth-order valence-electron chi connectivity index (χ4n) is 2.89. The van der Waals surface area contributed by atoms with Crippen LogP contribution in [0.1, 0.15) is 26.7 Å².